The van der Waals surface area contributed by atoms with Gasteiger partial charge in [0, 0.05) is 18.6 Å². The van der Waals surface area contributed by atoms with E-state index in [1.54, 1.807) is 0 Å². The third-order valence-electron chi connectivity index (χ3n) is 0. The van der Waals surface area contributed by atoms with Crippen molar-refractivity contribution in [2.24, 2.45) is 0 Å². The Bertz CT molecular complexity index is 55.7. The zero-order valence-corrected chi connectivity index (χ0v) is 7.44. The van der Waals surface area contributed by atoms with Crippen molar-refractivity contribution in [1.82, 2.24) is 0 Å². The van der Waals surface area contributed by atoms with Crippen LogP contribution in [0.25, 0.3) is 0 Å². The molecule has 0 aromatic rings. The molecule has 0 aliphatic heterocycles. The molecule has 0 aliphatic rings. The minimum absolute atomic E-state index is 0. The second-order valence-corrected chi connectivity index (χ2v) is 1.54. The second kappa shape index (κ2) is 22.4. The molecule has 0 aliphatic carbocycles. The van der Waals surface area contributed by atoms with Crippen LogP contribution < -0.4 is 0 Å². The minimum atomic E-state index is -4.64. The van der Waals surface area contributed by atoms with Crippen molar-refractivity contribution >= 4 is 7.82 Å². The summed E-state index contributed by atoms with van der Waals surface area (Å²) in [6.07, 6.45) is 0. The van der Waals surface area contributed by atoms with E-state index in [1.165, 1.54) is 0 Å². The molecule has 11 heteroatoms. The number of rotatable bonds is 0. The van der Waals surface area contributed by atoms with Crippen LogP contribution in [-0.4, -0.2) is 42.1 Å². The Kier molecular flexibility index (Phi) is 128. The standard InChI is InChI=1S/H3O4P.5H2O.V/c1-5(2,3)4;;;;;;/h(H3,1,2,3,4);5*1H2;. The van der Waals surface area contributed by atoms with Crippen molar-refractivity contribution in [3.8, 4) is 0 Å². The average molecular weight is 239 g/mol. The van der Waals surface area contributed by atoms with Gasteiger partial charge in [0.1, 0.15) is 0 Å². The van der Waals surface area contributed by atoms with Crippen molar-refractivity contribution in [3.05, 3.63) is 0 Å². The summed E-state index contributed by atoms with van der Waals surface area (Å²) >= 11 is 0. The zero-order valence-electron chi connectivity index (χ0n) is 5.14. The largest absolute Gasteiger partial charge is 0.466 e. The van der Waals surface area contributed by atoms with Crippen LogP contribution in [0, 0.1) is 0 Å². The van der Waals surface area contributed by atoms with Gasteiger partial charge in [-0.25, -0.2) is 4.57 Å². The van der Waals surface area contributed by atoms with Gasteiger partial charge in [-0.1, -0.05) is 0 Å². The van der Waals surface area contributed by atoms with Gasteiger partial charge in [0.15, 0.2) is 0 Å². The van der Waals surface area contributed by atoms with Crippen molar-refractivity contribution in [3.63, 3.8) is 0 Å². The molecule has 0 atom stereocenters. The number of hydrogen-bond acceptors (Lipinski definition) is 1. The maximum absolute atomic E-state index is 8.88. The summed E-state index contributed by atoms with van der Waals surface area (Å²) in [5.74, 6) is 0. The fourth-order valence-electron chi connectivity index (χ4n) is 0. The average Bonchev–Trinajstić information content (AvgIpc) is 0.722. The van der Waals surface area contributed by atoms with Crippen LogP contribution in [-0.2, 0) is 23.1 Å². The van der Waals surface area contributed by atoms with Gasteiger partial charge in [0.05, 0.1) is 0 Å². The van der Waals surface area contributed by atoms with Crippen LogP contribution in [0.15, 0.2) is 0 Å². The molecule has 0 unspecified atom stereocenters. The van der Waals surface area contributed by atoms with Crippen molar-refractivity contribution in [1.29, 1.82) is 0 Å². The maximum atomic E-state index is 8.88. The first kappa shape index (κ1) is 62.7. The van der Waals surface area contributed by atoms with Gasteiger partial charge in [-0.3, -0.25) is 0 Å². The maximum Gasteiger partial charge on any atom is 0.466 e. The van der Waals surface area contributed by atoms with Crippen LogP contribution in [0.5, 0.6) is 0 Å². The summed E-state index contributed by atoms with van der Waals surface area (Å²) in [7, 11) is -4.64. The Labute approximate surface area is 73.7 Å². The summed E-state index contributed by atoms with van der Waals surface area (Å²) in [5.41, 5.74) is 0. The smallest absolute Gasteiger partial charge is 0.412 e. The summed E-state index contributed by atoms with van der Waals surface area (Å²) in [5, 5.41) is 0. The predicted octanol–water partition coefficient (Wildman–Crippen LogP) is -5.05. The van der Waals surface area contributed by atoms with E-state index in [0.29, 0.717) is 0 Å². The van der Waals surface area contributed by atoms with Gasteiger partial charge in [0.25, 0.3) is 0 Å². The third-order valence-corrected chi connectivity index (χ3v) is 0. The molecule has 77 valence electrons. The van der Waals surface area contributed by atoms with Crippen LogP contribution in [0.1, 0.15) is 0 Å². The van der Waals surface area contributed by atoms with Gasteiger partial charge >= 0.3 is 7.82 Å². The van der Waals surface area contributed by atoms with E-state index in [0.717, 1.165) is 0 Å². The second-order valence-electron chi connectivity index (χ2n) is 0.513. The molecule has 0 heterocycles. The van der Waals surface area contributed by atoms with Gasteiger partial charge in [-0.15, -0.1) is 0 Å². The molecular weight excluding hydrogens is 226 g/mol. The normalized spacial score (nSPS) is 5.36. The van der Waals surface area contributed by atoms with Crippen LogP contribution in [0.3, 0.4) is 0 Å². The molecule has 0 bridgehead atoms. The number of phosphoric acid groups is 1. The van der Waals surface area contributed by atoms with E-state index in [4.69, 9.17) is 19.2 Å². The first-order chi connectivity index (χ1) is 2.00. The summed E-state index contributed by atoms with van der Waals surface area (Å²) in [6, 6.07) is 0. The van der Waals surface area contributed by atoms with Crippen LogP contribution >= 0.6 is 7.82 Å². The Balaban J connectivity index is -0.00000000533. The van der Waals surface area contributed by atoms with Crippen molar-refractivity contribution in [2.75, 3.05) is 0 Å². The first-order valence-electron chi connectivity index (χ1n) is 0.783. The van der Waals surface area contributed by atoms with E-state index in [9.17, 15) is 0 Å². The molecule has 11 heavy (non-hydrogen) atoms. The van der Waals surface area contributed by atoms with Crippen molar-refractivity contribution < 1.29 is 65.2 Å². The molecular formula is H13O9PV. The monoisotopic (exact) mass is 239 g/mol. The molecule has 0 saturated heterocycles. The first-order valence-corrected chi connectivity index (χ1v) is 2.35. The molecule has 0 rings (SSSR count). The Morgan fingerprint density at radius 2 is 0.727 bits per heavy atom. The molecule has 0 fully saturated rings. The fourth-order valence-corrected chi connectivity index (χ4v) is 0. The third kappa shape index (κ3) is 3100. The predicted molar refractivity (Wildman–Crippen MR) is 32.3 cm³/mol. The minimum Gasteiger partial charge on any atom is -0.412 e. The van der Waals surface area contributed by atoms with E-state index in [2.05, 4.69) is 0 Å². The summed E-state index contributed by atoms with van der Waals surface area (Å²) in [6.45, 7) is 0. The Morgan fingerprint density at radius 3 is 0.727 bits per heavy atom. The molecule has 0 amide bonds. The molecule has 0 aromatic carbocycles. The van der Waals surface area contributed by atoms with E-state index >= 15 is 0 Å². The molecule has 9 nitrogen and oxygen atoms in total. The Morgan fingerprint density at radius 1 is 0.727 bits per heavy atom. The van der Waals surface area contributed by atoms with Gasteiger partial charge in [0.2, 0.25) is 0 Å². The van der Waals surface area contributed by atoms with Crippen LogP contribution in [0.2, 0.25) is 0 Å². The molecule has 0 aromatic heterocycles. The molecule has 0 saturated carbocycles. The number of hydrogen-bond donors (Lipinski definition) is 3. The summed E-state index contributed by atoms with van der Waals surface area (Å²) in [4.78, 5) is 21.6. The van der Waals surface area contributed by atoms with E-state index < -0.39 is 7.82 Å². The molecule has 0 spiro atoms. The van der Waals surface area contributed by atoms with E-state index in [-0.39, 0.29) is 45.9 Å². The van der Waals surface area contributed by atoms with Gasteiger partial charge in [-0.05, 0) is 0 Å². The van der Waals surface area contributed by atoms with Crippen molar-refractivity contribution in [2.45, 2.75) is 0 Å². The Hall–Kier alpha value is 0.494. The summed E-state index contributed by atoms with van der Waals surface area (Å²) < 4.78 is 8.88. The van der Waals surface area contributed by atoms with Gasteiger partial charge in [-0.2, -0.15) is 0 Å². The quantitative estimate of drug-likeness (QED) is 0.351. The SMILES string of the molecule is O.O.O.O.O.O=P(O)(O)O.[V]. The topological polar surface area (TPSA) is 235 Å². The van der Waals surface area contributed by atoms with E-state index in [1.807, 2.05) is 0 Å². The fraction of sp³-hybridized carbons (Fsp3) is 0. The molecule has 1 radical (unpaired) electrons. The molecule has 13 N–H and O–H groups in total. The van der Waals surface area contributed by atoms with Crippen LogP contribution in [0.4, 0.5) is 0 Å². The zero-order chi connectivity index (χ0) is 4.50. The van der Waals surface area contributed by atoms with Gasteiger partial charge < -0.3 is 42.1 Å².